The van der Waals surface area contributed by atoms with Crippen molar-refractivity contribution in [1.29, 1.82) is 0 Å². The molecule has 0 aromatic carbocycles. The maximum absolute atomic E-state index is 12.3. The molecule has 1 saturated heterocycles. The Kier molecular flexibility index (Phi) is 31.8. The van der Waals surface area contributed by atoms with Crippen LogP contribution in [0.3, 0.4) is 0 Å². The molecule has 1 aliphatic heterocycles. The number of carbonyl (C=O) groups excluding carboxylic acids is 6. The van der Waals surface area contributed by atoms with Crippen LogP contribution >= 0.6 is 0 Å². The first kappa shape index (κ1) is 100. The molecule has 0 unspecified atom stereocenters. The van der Waals surface area contributed by atoms with Crippen LogP contribution in [-0.2, 0) is 28.7 Å². The molecule has 54 heteroatoms. The van der Waals surface area contributed by atoms with E-state index in [9.17, 15) is 91.4 Å². The van der Waals surface area contributed by atoms with Crippen LogP contribution in [0.15, 0.2) is 154 Å². The van der Waals surface area contributed by atoms with E-state index in [2.05, 4.69) is 150 Å². The third-order valence-electron chi connectivity index (χ3n) is 19.8. The quantitative estimate of drug-likeness (QED) is 0.0187. The highest BCUT2D eigenvalue weighted by atomic mass is 19.4. The van der Waals surface area contributed by atoms with Crippen molar-refractivity contribution >= 4 is 126 Å². The molecule has 15 aromatic heterocycles. The first-order chi connectivity index (χ1) is 65.5. The molecule has 0 radical (unpaired) electrons. The number of esters is 1. The fourth-order valence-corrected chi connectivity index (χ4v) is 13.6. The summed E-state index contributed by atoms with van der Waals surface area (Å²) in [6.07, 6.45) is 7.06. The normalized spacial score (nSPS) is 14.1. The van der Waals surface area contributed by atoms with Gasteiger partial charge in [-0.3, -0.25) is 24.0 Å². The van der Waals surface area contributed by atoms with Crippen molar-refractivity contribution in [2.75, 3.05) is 72.0 Å². The number of nitrogens with zero attached hydrogens (tertiary/aromatic N) is 20. The summed E-state index contributed by atoms with van der Waals surface area (Å²) >= 11 is 0. The number of aromatic amines is 5. The number of ether oxygens (including phenoxy) is 1. The molecule has 1 fully saturated rings. The van der Waals surface area contributed by atoms with Gasteiger partial charge in [-0.1, -0.05) is 12.1 Å². The number of hydrogen-bond acceptors (Lipinski definition) is 31. The maximum Gasteiger partial charge on any atom is 0.405 e. The second-order valence-corrected chi connectivity index (χ2v) is 30.3. The van der Waals surface area contributed by atoms with Crippen molar-refractivity contribution in [2.45, 2.75) is 116 Å². The number of H-pyrrole nitrogens is 5. The number of fused-ring (bicyclic) bond motifs is 5. The molecular weight excluding hydrogens is 1840 g/mol. The molecule has 138 heavy (non-hydrogen) atoms. The minimum atomic E-state index is -4.55. The first-order valence-electron chi connectivity index (χ1n) is 41.3. The Morgan fingerprint density at radius 1 is 0.420 bits per heavy atom. The van der Waals surface area contributed by atoms with Crippen LogP contribution in [0.4, 0.5) is 81.8 Å². The predicted molar refractivity (Wildman–Crippen MR) is 474 cm³/mol. The number of piperazine rings is 1. The van der Waals surface area contributed by atoms with E-state index >= 15 is 0 Å². The number of rotatable bonds is 25. The molecule has 722 valence electrons. The molecule has 5 amide bonds. The Balaban J connectivity index is 0.000000155. The molecular formula is C84H83F12N33O9. The van der Waals surface area contributed by atoms with E-state index in [0.717, 1.165) is 63.6 Å². The van der Waals surface area contributed by atoms with Crippen LogP contribution < -0.4 is 47.4 Å². The molecule has 6 atom stereocenters. The van der Waals surface area contributed by atoms with E-state index in [1.54, 1.807) is 79.9 Å². The lowest BCUT2D eigenvalue weighted by atomic mass is 10.1. The molecule has 42 nitrogen and oxygen atoms in total. The molecule has 0 saturated carbocycles. The number of aromatic carboxylic acids is 1. The Labute approximate surface area is 770 Å². The van der Waals surface area contributed by atoms with Crippen molar-refractivity contribution in [3.05, 3.63) is 166 Å². The summed E-state index contributed by atoms with van der Waals surface area (Å²) in [6.45, 7) is 8.96. The summed E-state index contributed by atoms with van der Waals surface area (Å²) in [5.74, 6) is -3.25. The monoisotopic (exact) mass is 1930 g/mol. The summed E-state index contributed by atoms with van der Waals surface area (Å²) in [4.78, 5) is 177. The highest BCUT2D eigenvalue weighted by Gasteiger charge is 2.36. The number of carboxylic acids is 1. The van der Waals surface area contributed by atoms with Gasteiger partial charge in [-0.2, -0.15) is 52.7 Å². The number of alkyl halides is 12. The number of pyridine rings is 2. The minimum Gasteiger partial charge on any atom is -0.477 e. The number of carboxylic acid groups (broad SMARTS) is 1. The molecule has 0 bridgehead atoms. The molecule has 15 aromatic rings. The van der Waals surface area contributed by atoms with Crippen LogP contribution in [0.2, 0.25) is 0 Å². The van der Waals surface area contributed by atoms with Crippen molar-refractivity contribution in [1.82, 2.24) is 141 Å². The number of hydrogen-bond donors (Lipinski definition) is 14. The summed E-state index contributed by atoms with van der Waals surface area (Å²) in [6, 6.07) is 11.3. The van der Waals surface area contributed by atoms with E-state index in [1.165, 1.54) is 96.3 Å². The third kappa shape index (κ3) is 27.0. The van der Waals surface area contributed by atoms with Gasteiger partial charge in [0.2, 0.25) is 29.5 Å². The van der Waals surface area contributed by atoms with Gasteiger partial charge in [-0.25, -0.2) is 99.3 Å². The van der Waals surface area contributed by atoms with Crippen molar-refractivity contribution in [2.24, 2.45) is 0 Å². The number of amides is 5. The summed E-state index contributed by atoms with van der Waals surface area (Å²) in [5, 5.41) is 30.9. The Morgan fingerprint density at radius 2 is 0.746 bits per heavy atom. The number of aromatic nitrogens is 23. The van der Waals surface area contributed by atoms with Crippen molar-refractivity contribution in [3.63, 3.8) is 0 Å². The van der Waals surface area contributed by atoms with Crippen LogP contribution in [0, 0.1) is 0 Å². The predicted octanol–water partition coefficient (Wildman–Crippen LogP) is 10.5. The lowest BCUT2D eigenvalue weighted by Crippen LogP contribution is -2.58. The molecule has 16 rings (SSSR count). The highest BCUT2D eigenvalue weighted by Crippen LogP contribution is 2.34. The SMILES string of the molecule is CC(=O)N1[C@H](C)CN(c2cccc(-c3c[nH]c4ncncc34)n2)C[C@@H]1C.CCOC(=O)c1cc(N[C@@H](C)C(=O)NCC(F)(F)F)nc(-c2c[nH]c3ncncc23)n1.C[C@H](Nc1cc(C(=O)O)nc(-c2c[nH]c3ncncc23)n1)C(=O)NCC(F)(F)F.C[C@H](Nc1cccc(-c2c[nH]c3ncncc23)n1)C(=O)NCC(F)(F)F.C[C@H](Nc1ccnc(-c2c[nH]c3ncncc23)n1)C(=O)NCC(F)(F)F. The smallest absolute Gasteiger partial charge is 0.405 e. The number of nitrogens with one attached hydrogen (secondary N) is 13. The Hall–Kier alpha value is -16.9. The fraction of sp³-hybridized carbons (Fsp3) is 0.298. The van der Waals surface area contributed by atoms with Gasteiger partial charge in [0, 0.05) is 167 Å². The van der Waals surface area contributed by atoms with E-state index in [1.807, 2.05) is 39.9 Å². The number of anilines is 5. The second-order valence-electron chi connectivity index (χ2n) is 30.3. The van der Waals surface area contributed by atoms with E-state index in [-0.39, 0.29) is 59.3 Å². The van der Waals surface area contributed by atoms with E-state index in [4.69, 9.17) is 9.72 Å². The van der Waals surface area contributed by atoms with Gasteiger partial charge in [-0.15, -0.1) is 0 Å². The summed E-state index contributed by atoms with van der Waals surface area (Å²) < 4.78 is 152. The molecule has 16 heterocycles. The Morgan fingerprint density at radius 3 is 1.12 bits per heavy atom. The molecule has 1 aliphatic rings. The first-order valence-corrected chi connectivity index (χ1v) is 41.3. The Bertz CT molecular complexity index is 6670. The van der Waals surface area contributed by atoms with Crippen LogP contribution in [0.25, 0.3) is 112 Å². The summed E-state index contributed by atoms with van der Waals surface area (Å²) in [7, 11) is 0. The average molecular weight is 1930 g/mol. The second kappa shape index (κ2) is 43.8. The average Bonchev–Trinajstić information content (AvgIpc) is 1.61. The maximum atomic E-state index is 12.3. The van der Waals surface area contributed by atoms with Gasteiger partial charge in [0.05, 0.1) is 18.0 Å². The van der Waals surface area contributed by atoms with Gasteiger partial charge in [0.25, 0.3) is 0 Å². The topological polar surface area (TPSA) is 563 Å². The van der Waals surface area contributed by atoms with Crippen LogP contribution in [0.5, 0.6) is 0 Å². The van der Waals surface area contributed by atoms with Gasteiger partial charge in [0.15, 0.2) is 28.9 Å². The van der Waals surface area contributed by atoms with Gasteiger partial charge < -0.3 is 87.1 Å². The van der Waals surface area contributed by atoms with Crippen molar-refractivity contribution in [3.8, 4) is 56.7 Å². The zero-order chi connectivity index (χ0) is 99.5. The van der Waals surface area contributed by atoms with E-state index < -0.39 is 111 Å². The summed E-state index contributed by atoms with van der Waals surface area (Å²) in [5.41, 5.74) is 7.46. The van der Waals surface area contributed by atoms with Gasteiger partial charge in [-0.05, 0) is 78.8 Å². The van der Waals surface area contributed by atoms with E-state index in [0.29, 0.717) is 73.2 Å². The lowest BCUT2D eigenvalue weighted by Gasteiger charge is -2.44. The lowest BCUT2D eigenvalue weighted by molar-refractivity contribution is -0.138. The molecule has 0 spiro atoms. The van der Waals surface area contributed by atoms with Crippen molar-refractivity contribution < 1.29 is 96.1 Å². The minimum absolute atomic E-state index is 0.0105. The largest absolute Gasteiger partial charge is 0.477 e. The number of halogens is 12. The molecule has 14 N–H and O–H groups in total. The zero-order valence-electron chi connectivity index (χ0n) is 73.5. The molecule has 0 aliphatic carbocycles. The number of carbonyl (C=O) groups is 7. The van der Waals surface area contributed by atoms with Gasteiger partial charge in [0.1, 0.15) is 139 Å². The zero-order valence-corrected chi connectivity index (χ0v) is 73.5. The van der Waals surface area contributed by atoms with Crippen LogP contribution in [0.1, 0.15) is 76.4 Å². The standard InChI is InChI=1S/C19H22N6O.C18H18F3N7O3.C16H14F3N7O3.C16H15F3N6O.C15H14F3N7O/c1-12-9-24(10-13(2)25(12)14(3)26)18-6-4-5-17(23-18)15-8-21-19-16(15)7-20-11-22-19;1-3-31-17(30)12-4-13(26-9(2)16(29)24-7-18(19,20)21)28-15(27-12)11-6-23-14-10(11)5-22-8-25-14;1-7(14(27)22-5-16(17,18)19)24-11-2-10(15(28)29)25-13(26-11)9-4-21-12-8(9)3-20-6-23-12;1-9(15(26)22-7-16(17,18)19)24-13-4-2-3-12(25-13)10-6-21-14-11(10)5-20-8-23-14;1-8(14(26)22-6-15(16,17)18)24-11-2-3-20-13(25-11)10-5-21-12-9(10)4-19-7-23-12/h4-8,11-13H,9-10H2,1-3H3,(H,20,21,22);4-6,8-9H,3,7H2,1-2H3,(H,24,29)(H,22,23,25)(H,26,27,28);2-4,6-7H,5H2,1H3,(H,22,27)(H,28,29)(H,20,21,23)(H,24,25,26);2-6,8-9H,7H2,1H3,(H,22,26)(H,24,25)(H,20,21,23);2-5,7-8H,6H2,1H3,(H,22,26)(H,19,21,23)(H,20,24,25)/t12-,13+;9-;7-;9-;8-/m.0000/s1. The van der Waals surface area contributed by atoms with Crippen LogP contribution in [-0.4, -0.2) is 273 Å². The third-order valence-corrected chi connectivity index (χ3v) is 19.8. The fourth-order valence-electron chi connectivity index (χ4n) is 13.6. The van der Waals surface area contributed by atoms with Gasteiger partial charge >= 0.3 is 36.6 Å². The highest BCUT2D eigenvalue weighted by molar-refractivity contribution is 5.98.